The van der Waals surface area contributed by atoms with Crippen molar-refractivity contribution in [1.82, 2.24) is 15.1 Å². The van der Waals surface area contributed by atoms with Crippen molar-refractivity contribution in [3.63, 3.8) is 0 Å². The predicted octanol–water partition coefficient (Wildman–Crippen LogP) is 1.33. The first-order chi connectivity index (χ1) is 11.0. The third-order valence-electron chi connectivity index (χ3n) is 4.52. The Bertz CT molecular complexity index is 603. The lowest BCUT2D eigenvalue weighted by Gasteiger charge is -2.51. The summed E-state index contributed by atoms with van der Waals surface area (Å²) in [6, 6.07) is 4.19. The molecule has 2 heterocycles. The van der Waals surface area contributed by atoms with Gasteiger partial charge in [0.15, 0.2) is 0 Å². The average molecular weight is 404 g/mol. The zero-order valence-electron chi connectivity index (χ0n) is 12.9. The minimum Gasteiger partial charge on any atom is -0.506 e. The van der Waals surface area contributed by atoms with E-state index in [1.165, 1.54) is 6.07 Å². The minimum absolute atomic E-state index is 0.0335. The van der Waals surface area contributed by atoms with Gasteiger partial charge in [0, 0.05) is 48.8 Å². The molecule has 3 rings (SSSR count). The van der Waals surface area contributed by atoms with E-state index >= 15 is 0 Å². The SMILES string of the molecule is CNC1CN(C2CN(C(=O)CNc3cc(Br)c(Cl)cc3O)C2)C1. The largest absolute Gasteiger partial charge is 0.506 e. The highest BCUT2D eigenvalue weighted by Crippen LogP contribution is 2.33. The van der Waals surface area contributed by atoms with Crippen molar-refractivity contribution in [1.29, 1.82) is 0 Å². The van der Waals surface area contributed by atoms with Crippen LogP contribution in [0.15, 0.2) is 16.6 Å². The van der Waals surface area contributed by atoms with Crippen LogP contribution in [0.4, 0.5) is 5.69 Å². The van der Waals surface area contributed by atoms with Gasteiger partial charge in [-0.25, -0.2) is 0 Å². The Morgan fingerprint density at radius 2 is 2.09 bits per heavy atom. The van der Waals surface area contributed by atoms with Gasteiger partial charge >= 0.3 is 0 Å². The molecule has 0 unspecified atom stereocenters. The number of likely N-dealkylation sites (N-methyl/N-ethyl adjacent to an activating group) is 1. The van der Waals surface area contributed by atoms with Gasteiger partial charge in [-0.3, -0.25) is 9.69 Å². The first-order valence-corrected chi connectivity index (χ1v) is 8.76. The van der Waals surface area contributed by atoms with Gasteiger partial charge in [-0.2, -0.15) is 0 Å². The van der Waals surface area contributed by atoms with E-state index in [1.807, 2.05) is 11.9 Å². The molecule has 0 saturated carbocycles. The van der Waals surface area contributed by atoms with E-state index in [0.717, 1.165) is 26.2 Å². The molecule has 126 valence electrons. The van der Waals surface area contributed by atoms with Crippen molar-refractivity contribution in [2.45, 2.75) is 12.1 Å². The van der Waals surface area contributed by atoms with Crippen LogP contribution < -0.4 is 10.6 Å². The maximum absolute atomic E-state index is 12.2. The van der Waals surface area contributed by atoms with Crippen molar-refractivity contribution in [3.8, 4) is 5.75 Å². The smallest absolute Gasteiger partial charge is 0.241 e. The summed E-state index contributed by atoms with van der Waals surface area (Å²) in [7, 11) is 1.98. The lowest BCUT2D eigenvalue weighted by atomic mass is 10.00. The molecular formula is C15H20BrClN4O2. The molecule has 8 heteroatoms. The molecule has 0 aromatic heterocycles. The minimum atomic E-state index is 0.0335. The second kappa shape index (κ2) is 6.84. The number of halogens is 2. The third-order valence-corrected chi connectivity index (χ3v) is 5.72. The quantitative estimate of drug-likeness (QED) is 0.647. The van der Waals surface area contributed by atoms with Crippen molar-refractivity contribution in [2.75, 3.05) is 45.1 Å². The maximum Gasteiger partial charge on any atom is 0.241 e. The van der Waals surface area contributed by atoms with E-state index in [9.17, 15) is 9.90 Å². The first kappa shape index (κ1) is 16.8. The first-order valence-electron chi connectivity index (χ1n) is 7.59. The monoisotopic (exact) mass is 402 g/mol. The molecule has 1 aromatic carbocycles. The van der Waals surface area contributed by atoms with Crippen molar-refractivity contribution in [2.24, 2.45) is 0 Å². The maximum atomic E-state index is 12.2. The number of carbonyl (C=O) groups is 1. The number of amides is 1. The number of hydrogen-bond acceptors (Lipinski definition) is 5. The second-order valence-electron chi connectivity index (χ2n) is 6.03. The predicted molar refractivity (Wildman–Crippen MR) is 94.1 cm³/mol. The highest BCUT2D eigenvalue weighted by atomic mass is 79.9. The summed E-state index contributed by atoms with van der Waals surface area (Å²) in [5.41, 5.74) is 0.492. The number of carbonyl (C=O) groups excluding carboxylic acids is 1. The number of aromatic hydroxyl groups is 1. The Morgan fingerprint density at radius 3 is 2.74 bits per heavy atom. The molecule has 0 atom stereocenters. The molecule has 2 aliphatic rings. The Hall–Kier alpha value is -1.02. The van der Waals surface area contributed by atoms with E-state index in [2.05, 4.69) is 31.5 Å². The van der Waals surface area contributed by atoms with Crippen LogP contribution in [0.25, 0.3) is 0 Å². The molecule has 6 nitrogen and oxygen atoms in total. The molecule has 3 N–H and O–H groups in total. The summed E-state index contributed by atoms with van der Waals surface area (Å²) in [5, 5.41) is 16.5. The number of anilines is 1. The van der Waals surface area contributed by atoms with E-state index in [-0.39, 0.29) is 18.2 Å². The highest BCUT2D eigenvalue weighted by molar-refractivity contribution is 9.10. The van der Waals surface area contributed by atoms with E-state index < -0.39 is 0 Å². The normalized spacial score (nSPS) is 19.3. The van der Waals surface area contributed by atoms with E-state index in [1.54, 1.807) is 6.07 Å². The fraction of sp³-hybridized carbons (Fsp3) is 0.533. The van der Waals surface area contributed by atoms with Crippen molar-refractivity contribution >= 4 is 39.1 Å². The Kier molecular flexibility index (Phi) is 5.01. The van der Waals surface area contributed by atoms with Crippen LogP contribution in [0.2, 0.25) is 5.02 Å². The lowest BCUT2D eigenvalue weighted by molar-refractivity contribution is -0.138. The molecule has 0 radical (unpaired) electrons. The van der Waals surface area contributed by atoms with Crippen LogP contribution in [0, 0.1) is 0 Å². The van der Waals surface area contributed by atoms with E-state index in [4.69, 9.17) is 11.6 Å². The van der Waals surface area contributed by atoms with Crippen LogP contribution >= 0.6 is 27.5 Å². The fourth-order valence-electron chi connectivity index (χ4n) is 2.84. The number of nitrogens with one attached hydrogen (secondary N) is 2. The summed E-state index contributed by atoms with van der Waals surface area (Å²) >= 11 is 9.20. The lowest BCUT2D eigenvalue weighted by Crippen LogP contribution is -2.69. The number of rotatable bonds is 5. The summed E-state index contributed by atoms with van der Waals surface area (Å²) in [6.45, 7) is 3.86. The van der Waals surface area contributed by atoms with Crippen LogP contribution in [0.1, 0.15) is 0 Å². The van der Waals surface area contributed by atoms with Crippen LogP contribution in [0.3, 0.4) is 0 Å². The summed E-state index contributed by atoms with van der Waals surface area (Å²) < 4.78 is 0.674. The fourth-order valence-corrected chi connectivity index (χ4v) is 3.35. The van der Waals surface area contributed by atoms with Gasteiger partial charge in [0.25, 0.3) is 0 Å². The van der Waals surface area contributed by atoms with Crippen LogP contribution in [-0.4, -0.2) is 72.7 Å². The zero-order chi connectivity index (χ0) is 16.6. The van der Waals surface area contributed by atoms with Gasteiger partial charge in [-0.05, 0) is 29.0 Å². The molecule has 2 fully saturated rings. The van der Waals surface area contributed by atoms with Gasteiger partial charge in [0.2, 0.25) is 5.91 Å². The zero-order valence-corrected chi connectivity index (χ0v) is 15.2. The van der Waals surface area contributed by atoms with Crippen molar-refractivity contribution in [3.05, 3.63) is 21.6 Å². The van der Waals surface area contributed by atoms with Crippen LogP contribution in [-0.2, 0) is 4.79 Å². The molecule has 2 saturated heterocycles. The van der Waals surface area contributed by atoms with Crippen molar-refractivity contribution < 1.29 is 9.90 Å². The van der Waals surface area contributed by atoms with E-state index in [0.29, 0.717) is 27.3 Å². The summed E-state index contributed by atoms with van der Waals surface area (Å²) in [5.74, 6) is 0.0728. The number of phenolic OH excluding ortho intramolecular Hbond substituents is 1. The number of benzene rings is 1. The molecule has 0 bridgehead atoms. The molecule has 0 aliphatic carbocycles. The van der Waals surface area contributed by atoms with Crippen LogP contribution in [0.5, 0.6) is 5.75 Å². The Morgan fingerprint density at radius 1 is 1.39 bits per heavy atom. The molecule has 23 heavy (non-hydrogen) atoms. The Labute approximate surface area is 148 Å². The van der Waals surface area contributed by atoms with Gasteiger partial charge in [-0.1, -0.05) is 11.6 Å². The third kappa shape index (κ3) is 3.57. The standard InChI is InChI=1S/C15H20BrClN4O2/c1-18-9-5-20(6-9)10-7-21(8-10)15(23)4-19-13-2-11(16)12(17)3-14(13)22/h2-3,9-10,18-19,22H,4-8H2,1H3. The average Bonchev–Trinajstić information content (AvgIpc) is 2.42. The molecule has 1 amide bonds. The number of phenols is 1. The molecular weight excluding hydrogens is 384 g/mol. The van der Waals surface area contributed by atoms with Gasteiger partial charge in [0.05, 0.1) is 17.3 Å². The van der Waals surface area contributed by atoms with Gasteiger partial charge in [-0.15, -0.1) is 0 Å². The number of nitrogens with zero attached hydrogens (tertiary/aromatic N) is 2. The second-order valence-corrected chi connectivity index (χ2v) is 7.29. The highest BCUT2D eigenvalue weighted by Gasteiger charge is 2.39. The number of hydrogen-bond donors (Lipinski definition) is 3. The topological polar surface area (TPSA) is 67.8 Å². The van der Waals surface area contributed by atoms with Gasteiger partial charge in [0.1, 0.15) is 5.75 Å². The summed E-state index contributed by atoms with van der Waals surface area (Å²) in [4.78, 5) is 16.4. The number of likely N-dealkylation sites (tertiary alicyclic amines) is 2. The summed E-state index contributed by atoms with van der Waals surface area (Å²) in [6.07, 6.45) is 0. The molecule has 1 aromatic rings. The van der Waals surface area contributed by atoms with Gasteiger partial charge < -0.3 is 20.6 Å². The Balaban J connectivity index is 1.44. The molecule has 0 spiro atoms. The molecule has 2 aliphatic heterocycles.